The van der Waals surface area contributed by atoms with Crippen LogP contribution in [0.1, 0.15) is 101 Å². The summed E-state index contributed by atoms with van der Waals surface area (Å²) in [6, 6.07) is 32.1. The van der Waals surface area contributed by atoms with Crippen LogP contribution in [-0.2, 0) is 27.3 Å². The molecule has 500 valence electrons. The molecule has 0 saturated heterocycles. The lowest BCUT2D eigenvalue weighted by Gasteiger charge is -2.17. The number of carboxylic acids is 2. The van der Waals surface area contributed by atoms with Gasteiger partial charge < -0.3 is 77.0 Å². The predicted molar refractivity (Wildman–Crippen MR) is 367 cm³/mol. The quantitative estimate of drug-likeness (QED) is 0.0505. The highest BCUT2D eigenvalue weighted by atomic mass is 16.5. The van der Waals surface area contributed by atoms with E-state index in [2.05, 4.69) is 18.3 Å². The summed E-state index contributed by atoms with van der Waals surface area (Å²) in [5, 5.41) is 21.4. The van der Waals surface area contributed by atoms with Crippen molar-refractivity contribution in [2.75, 3.05) is 97.6 Å². The molecule has 95 heavy (non-hydrogen) atoms. The van der Waals surface area contributed by atoms with Gasteiger partial charge in [0, 0.05) is 19.7 Å². The number of aldehydes is 1. The van der Waals surface area contributed by atoms with Crippen LogP contribution in [0.2, 0.25) is 0 Å². The van der Waals surface area contributed by atoms with Crippen molar-refractivity contribution >= 4 is 69.8 Å². The molecule has 3 aliphatic rings. The van der Waals surface area contributed by atoms with Crippen LogP contribution in [0.5, 0.6) is 63.2 Å². The molecular weight excluding hydrogens is 1220 g/mol. The molecule has 7 aromatic rings. The molecule has 20 nitrogen and oxygen atoms in total. The Kier molecular flexibility index (Phi) is 24.8. The SMILES string of the molecule is CNc1c(OC)cc(/C=C2/C(C)=C(CC(=O)N(C)Cc3ccco3)c3cc(OC)ccc32)cc1OC.COc1cc(C=O)cc(OC)c1OC.COc1ccc2c(c1)C(CC(=O)O)=C(C)/C2=C/c1cc(OC)c(OC)c(OC)c1.COc1ccc2c(c1)C(CC(=O)O)=C(C)C2. The number of hydrogen-bond donors (Lipinski definition) is 3. The summed E-state index contributed by atoms with van der Waals surface area (Å²) in [5.74, 6) is 5.77. The van der Waals surface area contributed by atoms with E-state index in [9.17, 15) is 24.3 Å². The van der Waals surface area contributed by atoms with Crippen LogP contribution in [0.25, 0.3) is 40.0 Å². The van der Waals surface area contributed by atoms with Gasteiger partial charge in [0.05, 0.1) is 110 Å². The Morgan fingerprint density at radius 3 is 1.29 bits per heavy atom. The maximum absolute atomic E-state index is 13.2. The number of anilines is 1. The topological polar surface area (TPSA) is 239 Å². The number of methoxy groups -OCH3 is 11. The fourth-order valence-corrected chi connectivity index (χ4v) is 11.5. The Morgan fingerprint density at radius 2 is 0.905 bits per heavy atom. The molecule has 1 amide bonds. The minimum Gasteiger partial charge on any atom is -0.497 e. The summed E-state index contributed by atoms with van der Waals surface area (Å²) in [4.78, 5) is 47.7. The number of carbonyl (C=O) groups is 4. The van der Waals surface area contributed by atoms with Crippen molar-refractivity contribution in [3.63, 3.8) is 0 Å². The highest BCUT2D eigenvalue weighted by Crippen LogP contribution is 2.49. The smallest absolute Gasteiger partial charge is 0.307 e. The van der Waals surface area contributed by atoms with Gasteiger partial charge in [-0.2, -0.15) is 0 Å². The number of nitrogens with one attached hydrogen (secondary N) is 1. The molecule has 0 unspecified atom stereocenters. The number of carboxylic acid groups (broad SMARTS) is 2. The highest BCUT2D eigenvalue weighted by Gasteiger charge is 2.29. The number of aliphatic carboxylic acids is 2. The Balaban J connectivity index is 0.000000192. The van der Waals surface area contributed by atoms with Gasteiger partial charge >= 0.3 is 11.9 Å². The van der Waals surface area contributed by atoms with Gasteiger partial charge in [-0.3, -0.25) is 19.2 Å². The van der Waals surface area contributed by atoms with Crippen LogP contribution in [0.15, 0.2) is 131 Å². The van der Waals surface area contributed by atoms with Crippen molar-refractivity contribution in [1.82, 2.24) is 4.90 Å². The van der Waals surface area contributed by atoms with E-state index in [0.717, 1.165) is 119 Å². The van der Waals surface area contributed by atoms with Crippen LogP contribution < -0.4 is 57.4 Å². The minimum absolute atomic E-state index is 0.0116. The van der Waals surface area contributed by atoms with Gasteiger partial charge in [-0.1, -0.05) is 23.8 Å². The lowest BCUT2D eigenvalue weighted by atomic mass is 10.00. The number of fused-ring (bicyclic) bond motifs is 3. The highest BCUT2D eigenvalue weighted by molar-refractivity contribution is 6.09. The monoisotopic (exact) mass is 1300 g/mol. The fraction of sp³-hybridized carbons (Fsp3) is 0.280. The van der Waals surface area contributed by atoms with Crippen LogP contribution in [0.3, 0.4) is 0 Å². The van der Waals surface area contributed by atoms with Crippen LogP contribution in [0.4, 0.5) is 5.69 Å². The third-order valence-electron chi connectivity index (χ3n) is 16.3. The van der Waals surface area contributed by atoms with Gasteiger partial charge in [0.2, 0.25) is 17.4 Å². The molecule has 0 bridgehead atoms. The van der Waals surface area contributed by atoms with Crippen LogP contribution >= 0.6 is 0 Å². The molecule has 10 rings (SSSR count). The number of rotatable bonds is 23. The molecule has 0 atom stereocenters. The number of amides is 1. The standard InChI is InChI=1S/C29H32N2O5.C23H24O6.C13H14O3.C10H12O4/c1-18-23(12-19-13-26(34-5)29(30-2)27(14-19)35-6)22-10-9-20(33-4)15-25(22)24(18)16-28(32)31(3)17-21-8-7-11-36-21;1-13-17(8-14-9-20(27-3)23(29-5)21(10-14)28-4)16-7-6-15(26-2)11-19(16)18(13)12-22(24)25;1-8-5-9-3-4-10(16-2)6-12(9)11(8)7-13(14)15;1-12-8-4-7(6-11)5-9(13-2)10(8)14-3/h7-15,30H,16-17H2,1-6H3;6-11H,12H2,1-5H3,(H,24,25);3-4,6H,5,7H2,1-2H3,(H,14,15);4-6H,1-3H3/b23-12-;17-8-;;. The van der Waals surface area contributed by atoms with Crippen molar-refractivity contribution in [2.24, 2.45) is 0 Å². The maximum Gasteiger partial charge on any atom is 0.307 e. The van der Waals surface area contributed by atoms with E-state index in [1.165, 1.54) is 26.9 Å². The first kappa shape index (κ1) is 71.4. The Labute approximate surface area is 554 Å². The molecule has 1 aromatic heterocycles. The van der Waals surface area contributed by atoms with Crippen LogP contribution in [0, 0.1) is 0 Å². The van der Waals surface area contributed by atoms with Crippen molar-refractivity contribution in [2.45, 2.75) is 53.0 Å². The maximum atomic E-state index is 13.2. The van der Waals surface area contributed by atoms with Gasteiger partial charge in [0.15, 0.2) is 23.0 Å². The second kappa shape index (κ2) is 33.0. The molecular formula is C75H82N2O18. The van der Waals surface area contributed by atoms with E-state index in [4.69, 9.17) is 61.6 Å². The number of hydrogen-bond acceptors (Lipinski definition) is 17. The van der Waals surface area contributed by atoms with E-state index >= 15 is 0 Å². The van der Waals surface area contributed by atoms with E-state index in [-0.39, 0.29) is 25.2 Å². The Morgan fingerprint density at radius 1 is 0.495 bits per heavy atom. The molecule has 0 aliphatic heterocycles. The first-order valence-electron chi connectivity index (χ1n) is 30.0. The second-order valence-electron chi connectivity index (χ2n) is 21.8. The van der Waals surface area contributed by atoms with E-state index in [1.807, 2.05) is 118 Å². The van der Waals surface area contributed by atoms with Gasteiger partial charge in [-0.15, -0.1) is 0 Å². The first-order valence-corrected chi connectivity index (χ1v) is 30.0. The summed E-state index contributed by atoms with van der Waals surface area (Å²) in [6.45, 7) is 6.41. The third kappa shape index (κ3) is 16.6. The minimum atomic E-state index is -0.873. The van der Waals surface area contributed by atoms with E-state index in [0.29, 0.717) is 63.9 Å². The molecule has 0 fully saturated rings. The van der Waals surface area contributed by atoms with Gasteiger partial charge in [0.25, 0.3) is 0 Å². The number of benzene rings is 6. The van der Waals surface area contributed by atoms with E-state index in [1.54, 1.807) is 87.2 Å². The molecule has 0 radical (unpaired) electrons. The average Bonchev–Trinajstić information content (AvgIpc) is 1.64. The summed E-state index contributed by atoms with van der Waals surface area (Å²) < 4.78 is 64.1. The lowest BCUT2D eigenvalue weighted by Crippen LogP contribution is -2.26. The van der Waals surface area contributed by atoms with Crippen molar-refractivity contribution in [1.29, 1.82) is 0 Å². The van der Waals surface area contributed by atoms with Crippen molar-refractivity contribution in [3.05, 3.63) is 182 Å². The molecule has 3 aliphatic carbocycles. The largest absolute Gasteiger partial charge is 0.497 e. The predicted octanol–water partition coefficient (Wildman–Crippen LogP) is 14.3. The number of carbonyl (C=O) groups excluding carboxylic acids is 2. The van der Waals surface area contributed by atoms with Gasteiger partial charge in [0.1, 0.15) is 46.5 Å². The second-order valence-corrected chi connectivity index (χ2v) is 21.8. The normalized spacial score (nSPS) is 13.1. The molecule has 3 N–H and O–H groups in total. The van der Waals surface area contributed by atoms with Gasteiger partial charge in [-0.25, -0.2) is 0 Å². The number of ether oxygens (including phenoxy) is 11. The Bertz CT molecular complexity index is 4060. The summed E-state index contributed by atoms with van der Waals surface area (Å²) in [5.41, 5.74) is 17.0. The zero-order valence-electron chi connectivity index (χ0n) is 56.5. The van der Waals surface area contributed by atoms with Crippen molar-refractivity contribution < 1.29 is 85.9 Å². The number of nitrogens with zero attached hydrogens (tertiary/aromatic N) is 1. The summed E-state index contributed by atoms with van der Waals surface area (Å²) in [7, 11) is 21.0. The number of allylic oxidation sites excluding steroid dienone is 5. The van der Waals surface area contributed by atoms with Crippen molar-refractivity contribution in [3.8, 4) is 63.2 Å². The Hall–Kier alpha value is -11.0. The van der Waals surface area contributed by atoms with E-state index < -0.39 is 11.9 Å². The van der Waals surface area contributed by atoms with Gasteiger partial charge in [-0.05, 0) is 208 Å². The molecule has 0 saturated carbocycles. The molecule has 20 heteroatoms. The first-order chi connectivity index (χ1) is 45.7. The third-order valence-corrected chi connectivity index (χ3v) is 16.3. The molecule has 0 spiro atoms. The fourth-order valence-electron chi connectivity index (χ4n) is 11.5. The molecule has 1 heterocycles. The zero-order valence-corrected chi connectivity index (χ0v) is 56.5. The average molecular weight is 1300 g/mol. The summed E-state index contributed by atoms with van der Waals surface area (Å²) in [6.07, 6.45) is 7.60. The van der Waals surface area contributed by atoms with Crippen LogP contribution in [-0.4, -0.2) is 132 Å². The molecule has 6 aromatic carbocycles. The summed E-state index contributed by atoms with van der Waals surface area (Å²) >= 11 is 0. The number of furan rings is 1. The lowest BCUT2D eigenvalue weighted by molar-refractivity contribution is -0.136. The zero-order chi connectivity index (χ0) is 69.2.